The fraction of sp³-hybridized carbons (Fsp3) is 0.500. The van der Waals surface area contributed by atoms with E-state index in [1.807, 2.05) is 11.0 Å². The van der Waals surface area contributed by atoms with Gasteiger partial charge in [-0.3, -0.25) is 9.69 Å². The Morgan fingerprint density at radius 2 is 2.00 bits per heavy atom. The highest BCUT2D eigenvalue weighted by atomic mass is 16.7. The molecule has 2 heterocycles. The molecule has 1 N–H and O–H groups in total. The smallest absolute Gasteiger partial charge is 0.317 e. The number of carbonyl (C=O) groups is 1. The minimum atomic E-state index is -0.749. The van der Waals surface area contributed by atoms with E-state index in [2.05, 4.69) is 12.1 Å². The second-order valence-electron chi connectivity index (χ2n) is 5.06. The van der Waals surface area contributed by atoms with E-state index in [1.54, 1.807) is 0 Å². The Morgan fingerprint density at radius 1 is 1.26 bits per heavy atom. The first-order valence-corrected chi connectivity index (χ1v) is 6.56. The highest BCUT2D eigenvalue weighted by molar-refractivity contribution is 5.69. The number of aliphatic carboxylic acids is 1. The first-order chi connectivity index (χ1) is 9.22. The molecule has 2 aliphatic heterocycles. The largest absolute Gasteiger partial charge is 0.480 e. The van der Waals surface area contributed by atoms with Crippen LogP contribution < -0.4 is 9.47 Å². The average molecular weight is 263 g/mol. The van der Waals surface area contributed by atoms with E-state index < -0.39 is 5.97 Å². The molecular formula is C14H17NO4. The second kappa shape index (κ2) is 5.09. The van der Waals surface area contributed by atoms with Gasteiger partial charge in [0.15, 0.2) is 11.5 Å². The summed E-state index contributed by atoms with van der Waals surface area (Å²) in [5.41, 5.74) is 1.26. The predicted octanol–water partition coefficient (Wildman–Crippen LogP) is 1.68. The van der Waals surface area contributed by atoms with Crippen LogP contribution in [0.25, 0.3) is 0 Å². The van der Waals surface area contributed by atoms with Crippen LogP contribution in [0.2, 0.25) is 0 Å². The number of hydrogen-bond acceptors (Lipinski definition) is 4. The van der Waals surface area contributed by atoms with E-state index in [9.17, 15) is 4.79 Å². The standard InChI is InChI=1S/C14H17NO4/c16-14(17)8-15-5-3-10(4-6-15)11-1-2-12-13(7-11)19-9-18-12/h1-2,7,10H,3-6,8-9H2,(H,16,17). The molecule has 102 valence electrons. The molecule has 19 heavy (non-hydrogen) atoms. The van der Waals surface area contributed by atoms with Crippen LogP contribution in [-0.4, -0.2) is 42.4 Å². The molecule has 1 aromatic carbocycles. The number of likely N-dealkylation sites (tertiary alicyclic amines) is 1. The third-order valence-corrected chi connectivity index (χ3v) is 3.81. The van der Waals surface area contributed by atoms with Crippen LogP contribution in [0.5, 0.6) is 11.5 Å². The Morgan fingerprint density at radius 3 is 2.74 bits per heavy atom. The summed E-state index contributed by atoms with van der Waals surface area (Å²) >= 11 is 0. The summed E-state index contributed by atoms with van der Waals surface area (Å²) in [4.78, 5) is 12.7. The Kier molecular flexibility index (Phi) is 3.29. The first kappa shape index (κ1) is 12.3. The van der Waals surface area contributed by atoms with Gasteiger partial charge in [-0.05, 0) is 49.5 Å². The van der Waals surface area contributed by atoms with Crippen LogP contribution in [-0.2, 0) is 4.79 Å². The molecule has 0 atom stereocenters. The van der Waals surface area contributed by atoms with Crippen LogP contribution in [0.1, 0.15) is 24.3 Å². The molecule has 1 saturated heterocycles. The molecule has 0 aromatic heterocycles. The number of carboxylic acid groups (broad SMARTS) is 1. The van der Waals surface area contributed by atoms with Crippen LogP contribution in [0.15, 0.2) is 18.2 Å². The maximum atomic E-state index is 10.7. The lowest BCUT2D eigenvalue weighted by molar-refractivity contribution is -0.138. The summed E-state index contributed by atoms with van der Waals surface area (Å²) in [5, 5.41) is 8.78. The Balaban J connectivity index is 1.63. The number of rotatable bonds is 3. The highest BCUT2D eigenvalue weighted by Crippen LogP contribution is 2.37. The molecule has 0 spiro atoms. The maximum absolute atomic E-state index is 10.7. The summed E-state index contributed by atoms with van der Waals surface area (Å²) in [6.07, 6.45) is 1.99. The number of carboxylic acids is 1. The van der Waals surface area contributed by atoms with Gasteiger partial charge in [0.1, 0.15) is 0 Å². The number of nitrogens with zero attached hydrogens (tertiary/aromatic N) is 1. The van der Waals surface area contributed by atoms with Crippen molar-refractivity contribution < 1.29 is 19.4 Å². The SMILES string of the molecule is O=C(O)CN1CCC(c2ccc3c(c2)OCO3)CC1. The van der Waals surface area contributed by atoms with Crippen molar-refractivity contribution in [2.45, 2.75) is 18.8 Å². The van der Waals surface area contributed by atoms with Crippen LogP contribution in [0, 0.1) is 0 Å². The monoisotopic (exact) mass is 263 g/mol. The van der Waals surface area contributed by atoms with E-state index in [0.717, 1.165) is 37.4 Å². The van der Waals surface area contributed by atoms with Crippen molar-refractivity contribution in [2.75, 3.05) is 26.4 Å². The van der Waals surface area contributed by atoms with Crippen molar-refractivity contribution in [3.05, 3.63) is 23.8 Å². The third-order valence-electron chi connectivity index (χ3n) is 3.81. The summed E-state index contributed by atoms with van der Waals surface area (Å²) in [5.74, 6) is 1.37. The van der Waals surface area contributed by atoms with Gasteiger partial charge in [-0.25, -0.2) is 0 Å². The predicted molar refractivity (Wildman–Crippen MR) is 68.6 cm³/mol. The molecule has 3 rings (SSSR count). The molecule has 0 aliphatic carbocycles. The van der Waals surface area contributed by atoms with E-state index in [-0.39, 0.29) is 6.54 Å². The van der Waals surface area contributed by atoms with Crippen LogP contribution >= 0.6 is 0 Å². The van der Waals surface area contributed by atoms with Gasteiger partial charge in [-0.1, -0.05) is 6.07 Å². The average Bonchev–Trinajstić information content (AvgIpc) is 2.86. The van der Waals surface area contributed by atoms with Gasteiger partial charge in [0.25, 0.3) is 0 Å². The number of piperidine rings is 1. The molecule has 0 bridgehead atoms. The molecule has 1 fully saturated rings. The van der Waals surface area contributed by atoms with Crippen molar-refractivity contribution in [2.24, 2.45) is 0 Å². The van der Waals surface area contributed by atoms with E-state index in [1.165, 1.54) is 5.56 Å². The molecule has 1 aromatic rings. The topological polar surface area (TPSA) is 59.0 Å². The lowest BCUT2D eigenvalue weighted by atomic mass is 9.89. The van der Waals surface area contributed by atoms with E-state index >= 15 is 0 Å². The van der Waals surface area contributed by atoms with Crippen molar-refractivity contribution >= 4 is 5.97 Å². The van der Waals surface area contributed by atoms with Crippen molar-refractivity contribution in [3.63, 3.8) is 0 Å². The Hall–Kier alpha value is -1.75. The zero-order chi connectivity index (χ0) is 13.2. The van der Waals surface area contributed by atoms with E-state index in [0.29, 0.717) is 12.7 Å². The molecule has 0 saturated carbocycles. The highest BCUT2D eigenvalue weighted by Gasteiger charge is 2.23. The molecule has 5 nitrogen and oxygen atoms in total. The van der Waals surface area contributed by atoms with Crippen LogP contribution in [0.3, 0.4) is 0 Å². The fourth-order valence-corrected chi connectivity index (χ4v) is 2.78. The molecule has 0 unspecified atom stereocenters. The summed E-state index contributed by atoms with van der Waals surface area (Å²) in [6.45, 7) is 2.13. The fourth-order valence-electron chi connectivity index (χ4n) is 2.78. The quantitative estimate of drug-likeness (QED) is 0.899. The van der Waals surface area contributed by atoms with Gasteiger partial charge < -0.3 is 14.6 Å². The zero-order valence-corrected chi connectivity index (χ0v) is 10.7. The number of hydrogen-bond donors (Lipinski definition) is 1. The lowest BCUT2D eigenvalue weighted by Crippen LogP contribution is -2.36. The molecule has 2 aliphatic rings. The van der Waals surface area contributed by atoms with E-state index in [4.69, 9.17) is 14.6 Å². The summed E-state index contributed by atoms with van der Waals surface area (Å²) < 4.78 is 10.7. The number of fused-ring (bicyclic) bond motifs is 1. The Labute approximate surface area is 111 Å². The number of benzene rings is 1. The minimum absolute atomic E-state index is 0.147. The van der Waals surface area contributed by atoms with Gasteiger partial charge in [-0.2, -0.15) is 0 Å². The summed E-state index contributed by atoms with van der Waals surface area (Å²) in [6, 6.07) is 6.10. The zero-order valence-electron chi connectivity index (χ0n) is 10.7. The third kappa shape index (κ3) is 2.66. The van der Waals surface area contributed by atoms with Crippen molar-refractivity contribution in [3.8, 4) is 11.5 Å². The van der Waals surface area contributed by atoms with Crippen molar-refractivity contribution in [1.82, 2.24) is 4.90 Å². The van der Waals surface area contributed by atoms with Gasteiger partial charge in [0.05, 0.1) is 6.54 Å². The van der Waals surface area contributed by atoms with Gasteiger partial charge in [0.2, 0.25) is 6.79 Å². The molecular weight excluding hydrogens is 246 g/mol. The normalized spacial score (nSPS) is 19.6. The summed E-state index contributed by atoms with van der Waals surface area (Å²) in [7, 11) is 0. The molecule has 0 amide bonds. The van der Waals surface area contributed by atoms with Gasteiger partial charge in [0, 0.05) is 0 Å². The number of ether oxygens (including phenoxy) is 2. The van der Waals surface area contributed by atoms with Crippen molar-refractivity contribution in [1.29, 1.82) is 0 Å². The first-order valence-electron chi connectivity index (χ1n) is 6.56. The molecule has 5 heteroatoms. The maximum Gasteiger partial charge on any atom is 0.317 e. The van der Waals surface area contributed by atoms with Crippen LogP contribution in [0.4, 0.5) is 0 Å². The van der Waals surface area contributed by atoms with Gasteiger partial charge >= 0.3 is 5.97 Å². The Bertz CT molecular complexity index is 480. The van der Waals surface area contributed by atoms with Gasteiger partial charge in [-0.15, -0.1) is 0 Å². The minimum Gasteiger partial charge on any atom is -0.480 e. The second-order valence-corrected chi connectivity index (χ2v) is 5.06. The molecule has 0 radical (unpaired) electrons. The lowest BCUT2D eigenvalue weighted by Gasteiger charge is -2.31.